The number of rotatable bonds is 7. The fraction of sp³-hybridized carbons (Fsp3) is 0.467. The average molecular weight is 345 g/mol. The minimum absolute atomic E-state index is 0.0851. The van der Waals surface area contributed by atoms with Gasteiger partial charge in [-0.2, -0.15) is 0 Å². The maximum absolute atomic E-state index is 12.0. The van der Waals surface area contributed by atoms with Crippen LogP contribution in [0.4, 0.5) is 10.5 Å². The molecule has 0 radical (unpaired) electrons. The third-order valence-corrected chi connectivity index (χ3v) is 3.17. The maximum Gasteiger partial charge on any atom is 0.319 e. The van der Waals surface area contributed by atoms with E-state index >= 15 is 0 Å². The summed E-state index contributed by atoms with van der Waals surface area (Å²) in [5.74, 6) is 0.468. The van der Waals surface area contributed by atoms with Gasteiger partial charge in [-0.25, -0.2) is 4.79 Å². The van der Waals surface area contributed by atoms with E-state index in [0.29, 0.717) is 28.8 Å². The van der Waals surface area contributed by atoms with E-state index in [4.69, 9.17) is 25.8 Å². The number of carbonyl (C=O) groups excluding carboxylic acids is 2. The second-order valence-electron chi connectivity index (χ2n) is 4.70. The Kier molecular flexibility index (Phi) is 7.47. The van der Waals surface area contributed by atoms with Gasteiger partial charge < -0.3 is 24.8 Å². The third kappa shape index (κ3) is 5.86. The van der Waals surface area contributed by atoms with Crippen molar-refractivity contribution in [3.05, 3.63) is 17.2 Å². The molecule has 1 rings (SSSR count). The van der Waals surface area contributed by atoms with Crippen LogP contribution < -0.4 is 20.1 Å². The van der Waals surface area contributed by atoms with E-state index in [0.717, 1.165) is 0 Å². The van der Waals surface area contributed by atoms with E-state index in [1.54, 1.807) is 19.9 Å². The van der Waals surface area contributed by atoms with Gasteiger partial charge in [-0.3, -0.25) is 4.79 Å². The van der Waals surface area contributed by atoms with Crippen LogP contribution in [0.25, 0.3) is 0 Å². The first-order valence-electron chi connectivity index (χ1n) is 7.05. The van der Waals surface area contributed by atoms with E-state index in [9.17, 15) is 9.59 Å². The molecule has 128 valence electrons. The quantitative estimate of drug-likeness (QED) is 0.743. The zero-order chi connectivity index (χ0) is 17.4. The Bertz CT molecular complexity index is 565. The number of urea groups is 1. The van der Waals surface area contributed by atoms with Gasteiger partial charge in [0.05, 0.1) is 38.0 Å². The lowest BCUT2D eigenvalue weighted by Gasteiger charge is -2.16. The van der Waals surface area contributed by atoms with Crippen LogP contribution in [0.3, 0.4) is 0 Å². The predicted molar refractivity (Wildman–Crippen MR) is 87.4 cm³/mol. The largest absolute Gasteiger partial charge is 0.495 e. The van der Waals surface area contributed by atoms with Gasteiger partial charge in [0.2, 0.25) is 0 Å². The Balaban J connectivity index is 2.70. The Morgan fingerprint density at radius 1 is 1.22 bits per heavy atom. The lowest BCUT2D eigenvalue weighted by Crippen LogP contribution is -2.37. The first kappa shape index (κ1) is 18.9. The normalized spacial score (nSPS) is 11.3. The first-order valence-corrected chi connectivity index (χ1v) is 7.43. The summed E-state index contributed by atoms with van der Waals surface area (Å²) in [4.78, 5) is 23.4. The summed E-state index contributed by atoms with van der Waals surface area (Å²) < 4.78 is 15.1. The molecule has 8 heteroatoms. The molecule has 0 saturated heterocycles. The highest BCUT2D eigenvalue weighted by atomic mass is 35.5. The molecule has 1 atom stereocenters. The van der Waals surface area contributed by atoms with Gasteiger partial charge in [0.1, 0.15) is 11.5 Å². The van der Waals surface area contributed by atoms with Crippen LogP contribution in [0.2, 0.25) is 5.02 Å². The van der Waals surface area contributed by atoms with Gasteiger partial charge in [-0.15, -0.1) is 0 Å². The lowest BCUT2D eigenvalue weighted by molar-refractivity contribution is -0.143. The fourth-order valence-electron chi connectivity index (χ4n) is 1.86. The summed E-state index contributed by atoms with van der Waals surface area (Å²) >= 11 is 6.04. The minimum atomic E-state index is -0.485. The molecule has 0 fully saturated rings. The van der Waals surface area contributed by atoms with Crippen molar-refractivity contribution in [1.82, 2.24) is 5.32 Å². The molecule has 0 heterocycles. The van der Waals surface area contributed by atoms with Crippen molar-refractivity contribution in [1.29, 1.82) is 0 Å². The average Bonchev–Trinajstić information content (AvgIpc) is 2.47. The number of carbonyl (C=O) groups is 2. The maximum atomic E-state index is 12.0. The molecule has 0 aliphatic carbocycles. The van der Waals surface area contributed by atoms with Crippen molar-refractivity contribution in [2.75, 3.05) is 26.1 Å². The molecule has 7 nitrogen and oxygen atoms in total. The van der Waals surface area contributed by atoms with Crippen molar-refractivity contribution in [3.8, 4) is 11.5 Å². The Hall–Kier alpha value is -2.15. The number of esters is 1. The smallest absolute Gasteiger partial charge is 0.319 e. The number of amides is 2. The lowest BCUT2D eigenvalue weighted by atomic mass is 10.2. The number of methoxy groups -OCH3 is 2. The monoisotopic (exact) mass is 344 g/mol. The molecule has 2 N–H and O–H groups in total. The van der Waals surface area contributed by atoms with Gasteiger partial charge in [-0.05, 0) is 19.9 Å². The Labute approximate surface area is 140 Å². The molecular formula is C15H21ClN2O5. The summed E-state index contributed by atoms with van der Waals surface area (Å²) in [7, 11) is 2.95. The van der Waals surface area contributed by atoms with Crippen LogP contribution in [-0.2, 0) is 9.53 Å². The van der Waals surface area contributed by atoms with Gasteiger partial charge in [0.15, 0.2) is 0 Å². The van der Waals surface area contributed by atoms with E-state index in [-0.39, 0.29) is 18.4 Å². The molecule has 2 amide bonds. The van der Waals surface area contributed by atoms with Crippen molar-refractivity contribution < 1.29 is 23.8 Å². The van der Waals surface area contributed by atoms with Crippen LogP contribution in [0.5, 0.6) is 11.5 Å². The second-order valence-corrected chi connectivity index (χ2v) is 5.10. The summed E-state index contributed by atoms with van der Waals surface area (Å²) in [5, 5.41) is 5.60. The zero-order valence-electron chi connectivity index (χ0n) is 13.6. The minimum Gasteiger partial charge on any atom is -0.495 e. The van der Waals surface area contributed by atoms with Crippen LogP contribution in [-0.4, -0.2) is 38.9 Å². The fourth-order valence-corrected chi connectivity index (χ4v) is 2.10. The van der Waals surface area contributed by atoms with Gasteiger partial charge in [0.25, 0.3) is 0 Å². The van der Waals surface area contributed by atoms with Crippen LogP contribution >= 0.6 is 11.6 Å². The second kappa shape index (κ2) is 9.09. The van der Waals surface area contributed by atoms with Crippen molar-refractivity contribution in [2.24, 2.45) is 0 Å². The Morgan fingerprint density at radius 3 is 2.43 bits per heavy atom. The molecule has 0 saturated carbocycles. The highest BCUT2D eigenvalue weighted by molar-refractivity contribution is 6.32. The molecule has 1 aromatic carbocycles. The van der Waals surface area contributed by atoms with Crippen LogP contribution in [0, 0.1) is 0 Å². The van der Waals surface area contributed by atoms with E-state index in [2.05, 4.69) is 10.6 Å². The van der Waals surface area contributed by atoms with Gasteiger partial charge >= 0.3 is 12.0 Å². The number of benzene rings is 1. The number of nitrogens with one attached hydrogen (secondary N) is 2. The molecule has 1 aromatic rings. The molecule has 0 aliphatic heterocycles. The number of ether oxygens (including phenoxy) is 3. The summed E-state index contributed by atoms with van der Waals surface area (Å²) in [6, 6.07) is 2.23. The van der Waals surface area contributed by atoms with Crippen molar-refractivity contribution >= 4 is 29.3 Å². The molecule has 1 unspecified atom stereocenters. The molecular weight excluding hydrogens is 324 g/mol. The highest BCUT2D eigenvalue weighted by Crippen LogP contribution is 2.35. The van der Waals surface area contributed by atoms with E-state index in [1.807, 2.05) is 0 Å². The Morgan fingerprint density at radius 2 is 1.87 bits per heavy atom. The topological polar surface area (TPSA) is 85.9 Å². The first-order chi connectivity index (χ1) is 10.9. The number of anilines is 1. The van der Waals surface area contributed by atoms with Gasteiger partial charge in [0, 0.05) is 12.1 Å². The van der Waals surface area contributed by atoms with E-state index < -0.39 is 6.03 Å². The number of hydrogen-bond donors (Lipinski definition) is 2. The summed E-state index contributed by atoms with van der Waals surface area (Å²) in [6.07, 6.45) is 0.0851. The summed E-state index contributed by atoms with van der Waals surface area (Å²) in [5.41, 5.74) is 0.388. The van der Waals surface area contributed by atoms with Crippen LogP contribution in [0.1, 0.15) is 20.3 Å². The van der Waals surface area contributed by atoms with E-state index in [1.165, 1.54) is 20.3 Å². The highest BCUT2D eigenvalue weighted by Gasteiger charge is 2.15. The molecule has 23 heavy (non-hydrogen) atoms. The summed E-state index contributed by atoms with van der Waals surface area (Å²) in [6.45, 7) is 3.73. The molecule has 0 aromatic heterocycles. The predicted octanol–water partition coefficient (Wildman–Crippen LogP) is 2.82. The number of halogens is 1. The van der Waals surface area contributed by atoms with Crippen molar-refractivity contribution in [3.63, 3.8) is 0 Å². The zero-order valence-corrected chi connectivity index (χ0v) is 14.3. The third-order valence-electron chi connectivity index (χ3n) is 2.88. The molecule has 0 spiro atoms. The standard InChI is InChI=1S/C15H21ClN2O5/c1-5-23-14(19)6-9(2)17-15(20)18-11-7-10(16)12(21-3)8-13(11)22-4/h7-9H,5-6H2,1-4H3,(H2,17,18,20). The SMILES string of the molecule is CCOC(=O)CC(C)NC(=O)Nc1cc(Cl)c(OC)cc1OC. The van der Waals surface area contributed by atoms with Crippen LogP contribution in [0.15, 0.2) is 12.1 Å². The molecule has 0 bridgehead atoms. The van der Waals surface area contributed by atoms with Crippen molar-refractivity contribution in [2.45, 2.75) is 26.3 Å². The number of hydrogen-bond acceptors (Lipinski definition) is 5. The van der Waals surface area contributed by atoms with Gasteiger partial charge in [-0.1, -0.05) is 11.6 Å². The molecule has 0 aliphatic rings.